The van der Waals surface area contributed by atoms with Gasteiger partial charge in [-0.2, -0.15) is 0 Å². The highest BCUT2D eigenvalue weighted by Crippen LogP contribution is 2.29. The van der Waals surface area contributed by atoms with Crippen molar-refractivity contribution in [2.24, 2.45) is 0 Å². The van der Waals surface area contributed by atoms with Crippen LogP contribution in [-0.4, -0.2) is 54.1 Å². The van der Waals surface area contributed by atoms with Crippen molar-refractivity contribution in [3.63, 3.8) is 0 Å². The molecule has 0 aliphatic carbocycles. The maximum atomic E-state index is 12.9. The van der Waals surface area contributed by atoms with E-state index in [4.69, 9.17) is 9.72 Å². The van der Waals surface area contributed by atoms with Gasteiger partial charge in [-0.05, 0) is 50.5 Å². The topological polar surface area (TPSA) is 58.6 Å². The number of hydrogen-bond donors (Lipinski definition) is 0. The number of carbonyl (C=O) groups excluding carboxylic acids is 1. The Morgan fingerprint density at radius 1 is 1.04 bits per heavy atom. The second kappa shape index (κ2) is 8.59. The monoisotopic (exact) mass is 382 g/mol. The van der Waals surface area contributed by atoms with Gasteiger partial charge in [-0.3, -0.25) is 4.79 Å². The molecule has 1 aromatic carbocycles. The number of hydrogen-bond acceptors (Lipinski definition) is 5. The molecular weight excluding hydrogens is 352 g/mol. The number of carbonyl (C=O) groups is 1. The van der Waals surface area contributed by atoms with Crippen molar-refractivity contribution >= 4 is 11.7 Å². The lowest BCUT2D eigenvalue weighted by Crippen LogP contribution is -2.35. The smallest absolute Gasteiger partial charge is 0.253 e. The number of benzene rings is 1. The normalized spacial score (nSPS) is 14.9. The first-order valence-corrected chi connectivity index (χ1v) is 9.94. The fraction of sp³-hybridized carbons (Fsp3) is 0.500. The molecule has 6 nitrogen and oxygen atoms in total. The fourth-order valence-corrected chi connectivity index (χ4v) is 3.87. The van der Waals surface area contributed by atoms with Crippen molar-refractivity contribution < 1.29 is 9.53 Å². The Morgan fingerprint density at radius 3 is 2.39 bits per heavy atom. The number of aromatic nitrogens is 2. The summed E-state index contributed by atoms with van der Waals surface area (Å²) in [6, 6.07) is 7.33. The number of ether oxygens (including phenoxy) is 1. The molecule has 0 saturated carbocycles. The van der Waals surface area contributed by atoms with E-state index in [2.05, 4.69) is 30.7 Å². The second-order valence-electron chi connectivity index (χ2n) is 7.61. The molecule has 1 fully saturated rings. The van der Waals surface area contributed by atoms with E-state index < -0.39 is 0 Å². The van der Waals surface area contributed by atoms with E-state index in [1.807, 2.05) is 36.1 Å². The van der Waals surface area contributed by atoms with Gasteiger partial charge in [0.1, 0.15) is 17.4 Å². The molecule has 0 bridgehead atoms. The second-order valence-corrected chi connectivity index (χ2v) is 7.61. The maximum Gasteiger partial charge on any atom is 0.253 e. The highest BCUT2D eigenvalue weighted by atomic mass is 16.5. The Morgan fingerprint density at radius 2 is 1.75 bits per heavy atom. The lowest BCUT2D eigenvalue weighted by Gasteiger charge is -2.27. The van der Waals surface area contributed by atoms with Gasteiger partial charge in [-0.15, -0.1) is 0 Å². The summed E-state index contributed by atoms with van der Waals surface area (Å²) in [4.78, 5) is 26.5. The van der Waals surface area contributed by atoms with E-state index in [-0.39, 0.29) is 5.91 Å². The van der Waals surface area contributed by atoms with E-state index >= 15 is 0 Å². The molecule has 1 aliphatic rings. The third-order valence-corrected chi connectivity index (χ3v) is 5.22. The first kappa shape index (κ1) is 20.1. The van der Waals surface area contributed by atoms with Crippen LogP contribution in [0, 0.1) is 13.8 Å². The van der Waals surface area contributed by atoms with Crippen molar-refractivity contribution in [2.75, 3.05) is 38.2 Å². The van der Waals surface area contributed by atoms with Crippen LogP contribution < -0.4 is 9.64 Å². The first-order valence-electron chi connectivity index (χ1n) is 9.94. The summed E-state index contributed by atoms with van der Waals surface area (Å²) in [5.74, 6) is 3.01. The summed E-state index contributed by atoms with van der Waals surface area (Å²) in [7, 11) is 1.63. The Balaban J connectivity index is 1.77. The van der Waals surface area contributed by atoms with E-state index in [0.717, 1.165) is 49.1 Å². The molecule has 2 heterocycles. The highest BCUT2D eigenvalue weighted by Gasteiger charge is 2.24. The van der Waals surface area contributed by atoms with Gasteiger partial charge in [0.25, 0.3) is 5.91 Å². The van der Waals surface area contributed by atoms with E-state index in [9.17, 15) is 4.79 Å². The summed E-state index contributed by atoms with van der Waals surface area (Å²) in [5, 5.41) is 0. The average molecular weight is 383 g/mol. The predicted molar refractivity (Wildman–Crippen MR) is 111 cm³/mol. The van der Waals surface area contributed by atoms with Gasteiger partial charge in [-0.1, -0.05) is 13.8 Å². The van der Waals surface area contributed by atoms with Crippen LogP contribution >= 0.6 is 0 Å². The van der Waals surface area contributed by atoms with E-state index in [0.29, 0.717) is 18.0 Å². The molecule has 1 saturated heterocycles. The van der Waals surface area contributed by atoms with E-state index in [1.165, 1.54) is 5.56 Å². The summed E-state index contributed by atoms with van der Waals surface area (Å²) in [6.07, 6.45) is 0.918. The average Bonchev–Trinajstić information content (AvgIpc) is 2.92. The first-order chi connectivity index (χ1) is 13.4. The van der Waals surface area contributed by atoms with Crippen molar-refractivity contribution in [3.8, 4) is 5.75 Å². The van der Waals surface area contributed by atoms with Crippen LogP contribution in [0.15, 0.2) is 24.3 Å². The van der Waals surface area contributed by atoms with Gasteiger partial charge in [-0.25, -0.2) is 9.97 Å². The molecule has 0 atom stereocenters. The Hall–Kier alpha value is -2.63. The minimum Gasteiger partial charge on any atom is -0.497 e. The standard InChI is InChI=1S/C22H30N4O2/c1-15(2)20-16(3)23-17(4)24-21(20)25-11-6-12-26(14-13-25)22(27)18-7-9-19(28-5)10-8-18/h7-10,15H,6,11-14H2,1-5H3. The minimum atomic E-state index is 0.0728. The zero-order valence-corrected chi connectivity index (χ0v) is 17.5. The fourth-order valence-electron chi connectivity index (χ4n) is 3.87. The van der Waals surface area contributed by atoms with Gasteiger partial charge in [0, 0.05) is 43.0 Å². The third-order valence-electron chi connectivity index (χ3n) is 5.22. The maximum absolute atomic E-state index is 12.9. The van der Waals surface area contributed by atoms with Crippen LogP contribution in [0.4, 0.5) is 5.82 Å². The van der Waals surface area contributed by atoms with Gasteiger partial charge in [0.2, 0.25) is 0 Å². The third kappa shape index (κ3) is 4.26. The quantitative estimate of drug-likeness (QED) is 0.809. The van der Waals surface area contributed by atoms with E-state index in [1.54, 1.807) is 7.11 Å². The Bertz CT molecular complexity index is 833. The molecule has 0 spiro atoms. The molecule has 1 aromatic heterocycles. The summed E-state index contributed by atoms with van der Waals surface area (Å²) in [5.41, 5.74) is 2.96. The lowest BCUT2D eigenvalue weighted by molar-refractivity contribution is 0.0767. The number of nitrogens with zero attached hydrogens (tertiary/aromatic N) is 4. The van der Waals surface area contributed by atoms with Crippen molar-refractivity contribution in [2.45, 2.75) is 40.0 Å². The van der Waals surface area contributed by atoms with Crippen LogP contribution in [-0.2, 0) is 0 Å². The zero-order chi connectivity index (χ0) is 20.3. The molecule has 3 rings (SSSR count). The number of anilines is 1. The number of amides is 1. The minimum absolute atomic E-state index is 0.0728. The Kier molecular flexibility index (Phi) is 6.17. The number of aryl methyl sites for hydroxylation is 2. The molecule has 150 valence electrons. The summed E-state index contributed by atoms with van der Waals surface area (Å²) >= 11 is 0. The molecule has 0 unspecified atom stereocenters. The highest BCUT2D eigenvalue weighted by molar-refractivity contribution is 5.94. The van der Waals surface area contributed by atoms with Crippen molar-refractivity contribution in [1.82, 2.24) is 14.9 Å². The van der Waals surface area contributed by atoms with Crippen LogP contribution in [0.25, 0.3) is 0 Å². The molecule has 1 amide bonds. The Labute approximate surface area is 167 Å². The number of rotatable bonds is 4. The zero-order valence-electron chi connectivity index (χ0n) is 17.5. The van der Waals surface area contributed by atoms with Crippen LogP contribution in [0.2, 0.25) is 0 Å². The molecule has 0 N–H and O–H groups in total. The molecule has 28 heavy (non-hydrogen) atoms. The molecule has 0 radical (unpaired) electrons. The van der Waals surface area contributed by atoms with Crippen LogP contribution in [0.5, 0.6) is 5.75 Å². The van der Waals surface area contributed by atoms with Crippen molar-refractivity contribution in [3.05, 3.63) is 46.9 Å². The van der Waals surface area contributed by atoms with Gasteiger partial charge < -0.3 is 14.5 Å². The molecule has 6 heteroatoms. The lowest BCUT2D eigenvalue weighted by atomic mass is 10.0. The van der Waals surface area contributed by atoms with Crippen molar-refractivity contribution in [1.29, 1.82) is 0 Å². The van der Waals surface area contributed by atoms with Crippen LogP contribution in [0.3, 0.4) is 0 Å². The predicted octanol–water partition coefficient (Wildman–Crippen LogP) is 3.58. The SMILES string of the molecule is COc1ccc(C(=O)N2CCCN(c3nc(C)nc(C)c3C(C)C)CC2)cc1. The molecule has 2 aromatic rings. The van der Waals surface area contributed by atoms with Gasteiger partial charge in [0.15, 0.2) is 0 Å². The summed E-state index contributed by atoms with van der Waals surface area (Å²) < 4.78 is 5.18. The largest absolute Gasteiger partial charge is 0.497 e. The molecular formula is C22H30N4O2. The number of methoxy groups -OCH3 is 1. The summed E-state index contributed by atoms with van der Waals surface area (Å²) in [6.45, 7) is 11.5. The van der Waals surface area contributed by atoms with Gasteiger partial charge in [0.05, 0.1) is 7.11 Å². The van der Waals surface area contributed by atoms with Crippen LogP contribution in [0.1, 0.15) is 53.6 Å². The van der Waals surface area contributed by atoms with Gasteiger partial charge >= 0.3 is 0 Å². The molecule has 1 aliphatic heterocycles.